The molecule has 7 heteroatoms. The number of rotatable bonds is 3. The lowest BCUT2D eigenvalue weighted by Gasteiger charge is -2.20. The molecule has 120 valence electrons. The first-order chi connectivity index (χ1) is 11.0. The molecule has 0 spiro atoms. The summed E-state index contributed by atoms with van der Waals surface area (Å²) in [6.07, 6.45) is 2.20. The second-order valence-electron chi connectivity index (χ2n) is 5.30. The molecular formula is C16H16FN3O3. The Morgan fingerprint density at radius 1 is 1.35 bits per heavy atom. The molecule has 1 aromatic heterocycles. The van der Waals surface area contributed by atoms with Gasteiger partial charge in [0.1, 0.15) is 5.82 Å². The molecule has 1 aliphatic heterocycles. The van der Waals surface area contributed by atoms with Crippen LogP contribution in [0.25, 0.3) is 5.69 Å². The number of anilines is 1. The summed E-state index contributed by atoms with van der Waals surface area (Å²) in [6, 6.07) is 8.13. The molecule has 1 fully saturated rings. The van der Waals surface area contributed by atoms with Gasteiger partial charge in [0.25, 0.3) is 0 Å². The van der Waals surface area contributed by atoms with Crippen molar-refractivity contribution in [3.63, 3.8) is 0 Å². The molecule has 0 N–H and O–H groups in total. The van der Waals surface area contributed by atoms with Gasteiger partial charge in [-0.1, -0.05) is 0 Å². The molecule has 2 aromatic rings. The fourth-order valence-electron chi connectivity index (χ4n) is 2.43. The van der Waals surface area contributed by atoms with Gasteiger partial charge >= 0.3 is 6.09 Å². The van der Waals surface area contributed by atoms with Crippen LogP contribution in [-0.2, 0) is 9.53 Å². The molecule has 1 unspecified atom stereocenters. The van der Waals surface area contributed by atoms with E-state index in [1.807, 2.05) is 0 Å². The summed E-state index contributed by atoms with van der Waals surface area (Å²) in [7, 11) is 1.56. The zero-order valence-electron chi connectivity index (χ0n) is 12.8. The van der Waals surface area contributed by atoms with Gasteiger partial charge in [0.2, 0.25) is 5.91 Å². The number of likely N-dealkylation sites (N-methyl/N-ethyl adjacent to an activating group) is 1. The first-order valence-electron chi connectivity index (χ1n) is 7.12. The number of benzene rings is 1. The number of carbonyl (C=O) groups excluding carboxylic acids is 2. The highest BCUT2D eigenvalue weighted by molar-refractivity contribution is 5.90. The molecule has 3 rings (SSSR count). The molecular weight excluding hydrogens is 301 g/mol. The Labute approximate surface area is 132 Å². The van der Waals surface area contributed by atoms with Crippen LogP contribution in [0, 0.1) is 5.82 Å². The predicted molar refractivity (Wildman–Crippen MR) is 81.8 cm³/mol. The lowest BCUT2D eigenvalue weighted by Crippen LogP contribution is -2.38. The number of cyclic esters (lactones) is 1. The smallest absolute Gasteiger partial charge is 0.416 e. The van der Waals surface area contributed by atoms with Crippen molar-refractivity contribution in [1.29, 1.82) is 0 Å². The van der Waals surface area contributed by atoms with Gasteiger partial charge in [0.15, 0.2) is 6.23 Å². The molecule has 0 aliphatic carbocycles. The molecule has 1 atom stereocenters. The lowest BCUT2D eigenvalue weighted by atomic mass is 10.2. The van der Waals surface area contributed by atoms with Crippen molar-refractivity contribution in [2.45, 2.75) is 13.2 Å². The highest BCUT2D eigenvalue weighted by Gasteiger charge is 2.36. The van der Waals surface area contributed by atoms with Crippen molar-refractivity contribution in [2.24, 2.45) is 0 Å². The van der Waals surface area contributed by atoms with Gasteiger partial charge in [0, 0.05) is 26.4 Å². The molecule has 1 saturated heterocycles. The molecule has 23 heavy (non-hydrogen) atoms. The molecule has 2 amide bonds. The maximum Gasteiger partial charge on any atom is 0.416 e. The third kappa shape index (κ3) is 2.77. The quantitative estimate of drug-likeness (QED) is 0.873. The summed E-state index contributed by atoms with van der Waals surface area (Å²) in [4.78, 5) is 26.0. The number of hydrogen-bond donors (Lipinski definition) is 0. The summed E-state index contributed by atoms with van der Waals surface area (Å²) < 4.78 is 21.1. The van der Waals surface area contributed by atoms with Crippen molar-refractivity contribution in [3.05, 3.63) is 48.5 Å². The van der Waals surface area contributed by atoms with Crippen LogP contribution in [0.3, 0.4) is 0 Å². The van der Waals surface area contributed by atoms with E-state index in [1.54, 1.807) is 48.3 Å². The van der Waals surface area contributed by atoms with E-state index in [4.69, 9.17) is 4.74 Å². The Kier molecular flexibility index (Phi) is 3.77. The van der Waals surface area contributed by atoms with Gasteiger partial charge in [-0.05, 0) is 30.3 Å². The van der Waals surface area contributed by atoms with E-state index in [0.29, 0.717) is 11.4 Å². The normalized spacial score (nSPS) is 17.3. The highest BCUT2D eigenvalue weighted by Crippen LogP contribution is 2.26. The summed E-state index contributed by atoms with van der Waals surface area (Å²) >= 11 is 0. The van der Waals surface area contributed by atoms with Crippen LogP contribution < -0.4 is 4.90 Å². The number of hydrogen-bond acceptors (Lipinski definition) is 3. The Balaban J connectivity index is 1.84. The van der Waals surface area contributed by atoms with Gasteiger partial charge in [-0.15, -0.1) is 0 Å². The monoisotopic (exact) mass is 317 g/mol. The van der Waals surface area contributed by atoms with Gasteiger partial charge in [-0.2, -0.15) is 0 Å². The van der Waals surface area contributed by atoms with E-state index in [1.165, 1.54) is 22.8 Å². The Morgan fingerprint density at radius 2 is 2.04 bits per heavy atom. The Morgan fingerprint density at radius 3 is 2.65 bits per heavy atom. The van der Waals surface area contributed by atoms with E-state index in [0.717, 1.165) is 0 Å². The second-order valence-corrected chi connectivity index (χ2v) is 5.30. The maximum atomic E-state index is 14.3. The molecule has 0 saturated carbocycles. The van der Waals surface area contributed by atoms with Gasteiger partial charge in [-0.25, -0.2) is 9.18 Å². The van der Waals surface area contributed by atoms with Crippen LogP contribution in [0.15, 0.2) is 42.7 Å². The van der Waals surface area contributed by atoms with Crippen molar-refractivity contribution in [1.82, 2.24) is 9.47 Å². The van der Waals surface area contributed by atoms with E-state index in [9.17, 15) is 14.0 Å². The second kappa shape index (κ2) is 5.75. The van der Waals surface area contributed by atoms with E-state index in [-0.39, 0.29) is 12.5 Å². The largest absolute Gasteiger partial charge is 0.423 e. The van der Waals surface area contributed by atoms with Crippen LogP contribution in [-0.4, -0.2) is 41.3 Å². The van der Waals surface area contributed by atoms with E-state index >= 15 is 0 Å². The van der Waals surface area contributed by atoms with Crippen LogP contribution in [0.5, 0.6) is 0 Å². The molecule has 1 aromatic carbocycles. The van der Waals surface area contributed by atoms with Gasteiger partial charge < -0.3 is 14.2 Å². The SMILES string of the molecule is CC(=O)N(C)C1CN(c2ccc(-n3cccc3)c(F)c2)C(=O)O1. The van der Waals surface area contributed by atoms with Crippen molar-refractivity contribution in [3.8, 4) is 5.69 Å². The average Bonchev–Trinajstić information content (AvgIpc) is 3.15. The standard InChI is InChI=1S/C16H16FN3O3/c1-11(21)18(2)15-10-20(16(22)23-15)12-5-6-14(13(17)9-12)19-7-3-4-8-19/h3-9,15H,10H2,1-2H3. The minimum absolute atomic E-state index is 0.164. The topological polar surface area (TPSA) is 54.8 Å². The molecule has 1 aliphatic rings. The number of carbonyl (C=O) groups is 2. The number of amides is 2. The first-order valence-corrected chi connectivity index (χ1v) is 7.12. The molecule has 2 heterocycles. The fourth-order valence-corrected chi connectivity index (χ4v) is 2.43. The fraction of sp³-hybridized carbons (Fsp3) is 0.250. The van der Waals surface area contributed by atoms with Crippen LogP contribution in [0.1, 0.15) is 6.92 Å². The van der Waals surface area contributed by atoms with Crippen molar-refractivity contribution < 1.29 is 18.7 Å². The molecule has 0 radical (unpaired) electrons. The lowest BCUT2D eigenvalue weighted by molar-refractivity contribution is -0.134. The zero-order valence-corrected chi connectivity index (χ0v) is 12.8. The average molecular weight is 317 g/mol. The summed E-state index contributed by atoms with van der Waals surface area (Å²) in [5.41, 5.74) is 0.784. The molecule has 0 bridgehead atoms. The number of ether oxygens (including phenoxy) is 1. The van der Waals surface area contributed by atoms with Crippen molar-refractivity contribution >= 4 is 17.7 Å². The summed E-state index contributed by atoms with van der Waals surface area (Å²) in [5, 5.41) is 0. The number of halogens is 1. The zero-order chi connectivity index (χ0) is 16.6. The number of nitrogens with zero attached hydrogens (tertiary/aromatic N) is 3. The molecule has 6 nitrogen and oxygen atoms in total. The van der Waals surface area contributed by atoms with E-state index < -0.39 is 18.1 Å². The van der Waals surface area contributed by atoms with Crippen LogP contribution >= 0.6 is 0 Å². The van der Waals surface area contributed by atoms with E-state index in [2.05, 4.69) is 0 Å². The van der Waals surface area contributed by atoms with Crippen LogP contribution in [0.4, 0.5) is 14.9 Å². The number of aromatic nitrogens is 1. The summed E-state index contributed by atoms with van der Waals surface area (Å²) in [6.45, 7) is 1.55. The maximum absolute atomic E-state index is 14.3. The van der Waals surface area contributed by atoms with Crippen LogP contribution in [0.2, 0.25) is 0 Å². The Bertz CT molecular complexity index is 745. The minimum Gasteiger partial charge on any atom is -0.423 e. The van der Waals surface area contributed by atoms with Crippen molar-refractivity contribution in [2.75, 3.05) is 18.5 Å². The third-order valence-corrected chi connectivity index (χ3v) is 3.85. The third-order valence-electron chi connectivity index (χ3n) is 3.85. The Hall–Kier alpha value is -2.83. The first kappa shape index (κ1) is 15.1. The summed E-state index contributed by atoms with van der Waals surface area (Å²) in [5.74, 6) is -0.659. The minimum atomic E-state index is -0.674. The van der Waals surface area contributed by atoms with Gasteiger partial charge in [-0.3, -0.25) is 9.69 Å². The van der Waals surface area contributed by atoms with Gasteiger partial charge in [0.05, 0.1) is 17.9 Å². The predicted octanol–water partition coefficient (Wildman–Crippen LogP) is 2.38. The highest BCUT2D eigenvalue weighted by atomic mass is 19.1.